The first-order valence-corrected chi connectivity index (χ1v) is 7.10. The van der Waals surface area contributed by atoms with Gasteiger partial charge in [-0.1, -0.05) is 6.07 Å². The second-order valence-corrected chi connectivity index (χ2v) is 5.19. The Morgan fingerprint density at radius 1 is 1.00 bits per heavy atom. The maximum absolute atomic E-state index is 9.70. The molecule has 3 aromatic rings. The molecule has 2 aromatic heterocycles. The minimum absolute atomic E-state index is 0.339. The van der Waals surface area contributed by atoms with E-state index in [1.165, 1.54) is 11.9 Å². The summed E-state index contributed by atoms with van der Waals surface area (Å²) in [5, 5.41) is 13.0. The zero-order valence-electron chi connectivity index (χ0n) is 12.5. The summed E-state index contributed by atoms with van der Waals surface area (Å²) in [4.78, 5) is 16.7. The number of benzene rings is 1. The quantitative estimate of drug-likeness (QED) is 0.769. The first kappa shape index (κ1) is 14.2. The van der Waals surface area contributed by atoms with E-state index in [0.29, 0.717) is 29.3 Å². The first-order chi connectivity index (χ1) is 10.6. The molecule has 0 spiro atoms. The lowest BCUT2D eigenvalue weighted by molar-refractivity contribution is 0.470. The number of aryl methyl sites for hydroxylation is 2. The van der Waals surface area contributed by atoms with E-state index in [2.05, 4.69) is 25.3 Å². The van der Waals surface area contributed by atoms with E-state index >= 15 is 0 Å². The Morgan fingerprint density at radius 3 is 2.68 bits per heavy atom. The number of phenolic OH excluding ortho intramolecular Hbond substituents is 1. The maximum Gasteiger partial charge on any atom is 0.183 e. The van der Waals surface area contributed by atoms with Crippen LogP contribution in [-0.2, 0) is 6.42 Å². The molecule has 0 atom stereocenters. The molecule has 0 saturated carbocycles. The third kappa shape index (κ3) is 2.81. The van der Waals surface area contributed by atoms with Crippen molar-refractivity contribution in [1.29, 1.82) is 0 Å². The number of fused-ring (bicyclic) bond motifs is 1. The van der Waals surface area contributed by atoms with E-state index in [9.17, 15) is 5.11 Å². The van der Waals surface area contributed by atoms with Crippen LogP contribution >= 0.6 is 0 Å². The number of anilines is 1. The molecule has 6 heteroatoms. The van der Waals surface area contributed by atoms with Gasteiger partial charge in [-0.05, 0) is 43.0 Å². The zero-order chi connectivity index (χ0) is 15.5. The summed E-state index contributed by atoms with van der Waals surface area (Å²) in [5.74, 6) is 1.03. The normalized spacial score (nSPS) is 10.8. The minimum Gasteiger partial charge on any atom is -0.508 e. The van der Waals surface area contributed by atoms with Crippen LogP contribution < -0.4 is 5.32 Å². The zero-order valence-corrected chi connectivity index (χ0v) is 12.5. The van der Waals surface area contributed by atoms with Crippen molar-refractivity contribution in [3.8, 4) is 5.75 Å². The number of nitrogens with one attached hydrogen (secondary N) is 1. The molecule has 0 aliphatic rings. The van der Waals surface area contributed by atoms with Gasteiger partial charge in [0.2, 0.25) is 0 Å². The molecule has 2 heterocycles. The highest BCUT2D eigenvalue weighted by atomic mass is 16.3. The predicted molar refractivity (Wildman–Crippen MR) is 84.9 cm³/mol. The largest absolute Gasteiger partial charge is 0.508 e. The molecule has 0 amide bonds. The van der Waals surface area contributed by atoms with Gasteiger partial charge in [-0.25, -0.2) is 19.9 Å². The van der Waals surface area contributed by atoms with Gasteiger partial charge in [0.25, 0.3) is 0 Å². The van der Waals surface area contributed by atoms with Crippen LogP contribution in [0.3, 0.4) is 0 Å². The van der Waals surface area contributed by atoms with Crippen molar-refractivity contribution in [2.75, 3.05) is 11.9 Å². The Labute approximate surface area is 128 Å². The number of hydrogen-bond acceptors (Lipinski definition) is 6. The Kier molecular flexibility index (Phi) is 3.82. The van der Waals surface area contributed by atoms with Crippen molar-refractivity contribution >= 4 is 17.0 Å². The van der Waals surface area contributed by atoms with Crippen LogP contribution in [0.5, 0.6) is 5.75 Å². The fourth-order valence-electron chi connectivity index (χ4n) is 2.37. The molecular formula is C16H17N5O. The summed E-state index contributed by atoms with van der Waals surface area (Å²) in [6.07, 6.45) is 5.56. The molecule has 6 nitrogen and oxygen atoms in total. The van der Waals surface area contributed by atoms with Crippen molar-refractivity contribution in [3.63, 3.8) is 0 Å². The first-order valence-electron chi connectivity index (χ1n) is 7.10. The molecule has 0 aliphatic carbocycles. The molecule has 1 aromatic carbocycles. The monoisotopic (exact) mass is 295 g/mol. The van der Waals surface area contributed by atoms with E-state index in [1.54, 1.807) is 18.5 Å². The second-order valence-electron chi connectivity index (χ2n) is 5.19. The van der Waals surface area contributed by atoms with Gasteiger partial charge >= 0.3 is 0 Å². The molecule has 0 radical (unpaired) electrons. The highest BCUT2D eigenvalue weighted by Crippen LogP contribution is 2.22. The predicted octanol–water partition coefficient (Wildman–Crippen LogP) is 2.40. The van der Waals surface area contributed by atoms with Crippen molar-refractivity contribution < 1.29 is 5.11 Å². The molecule has 0 aliphatic heterocycles. The second kappa shape index (κ2) is 5.93. The number of nitrogens with zero attached hydrogens (tertiary/aromatic N) is 4. The van der Waals surface area contributed by atoms with Gasteiger partial charge in [-0.3, -0.25) is 0 Å². The summed E-state index contributed by atoms with van der Waals surface area (Å²) < 4.78 is 0. The van der Waals surface area contributed by atoms with Gasteiger partial charge in [0.1, 0.15) is 17.6 Å². The van der Waals surface area contributed by atoms with Crippen molar-refractivity contribution in [2.45, 2.75) is 20.3 Å². The lowest BCUT2D eigenvalue weighted by Gasteiger charge is -2.10. The number of aromatic nitrogens is 4. The molecule has 0 bridgehead atoms. The standard InChI is InChI=1S/C16H17N5O/c1-10-8-13(22)11(2)7-12(10)3-4-18-15-14-16(21-9-20-15)19-6-5-17-14/h5-9,22H,3-4H2,1-2H3,(H,18,19,20,21). The molecule has 0 unspecified atom stereocenters. The topological polar surface area (TPSA) is 83.8 Å². The summed E-state index contributed by atoms with van der Waals surface area (Å²) in [5.41, 5.74) is 4.42. The van der Waals surface area contributed by atoms with Gasteiger partial charge in [0.05, 0.1) is 0 Å². The van der Waals surface area contributed by atoms with Gasteiger partial charge in [-0.2, -0.15) is 0 Å². The van der Waals surface area contributed by atoms with E-state index in [4.69, 9.17) is 0 Å². The van der Waals surface area contributed by atoms with Crippen molar-refractivity contribution in [1.82, 2.24) is 19.9 Å². The van der Waals surface area contributed by atoms with Crippen LogP contribution in [0.2, 0.25) is 0 Å². The smallest absolute Gasteiger partial charge is 0.183 e. The van der Waals surface area contributed by atoms with Gasteiger partial charge in [0, 0.05) is 18.9 Å². The molecule has 22 heavy (non-hydrogen) atoms. The van der Waals surface area contributed by atoms with Crippen LogP contribution in [-0.4, -0.2) is 31.6 Å². The van der Waals surface area contributed by atoms with Crippen molar-refractivity contribution in [2.24, 2.45) is 0 Å². The van der Waals surface area contributed by atoms with Gasteiger partial charge < -0.3 is 10.4 Å². The maximum atomic E-state index is 9.70. The summed E-state index contributed by atoms with van der Waals surface area (Å²) in [6, 6.07) is 3.82. The molecule has 3 rings (SSSR count). The molecular weight excluding hydrogens is 278 g/mol. The summed E-state index contributed by atoms with van der Waals surface area (Å²) >= 11 is 0. The lowest BCUT2D eigenvalue weighted by atomic mass is 10.0. The third-order valence-corrected chi connectivity index (χ3v) is 3.61. The Hall–Kier alpha value is -2.76. The highest BCUT2D eigenvalue weighted by molar-refractivity contribution is 5.81. The fraction of sp³-hybridized carbons (Fsp3) is 0.250. The Morgan fingerprint density at radius 2 is 1.82 bits per heavy atom. The number of rotatable bonds is 4. The molecule has 2 N–H and O–H groups in total. The van der Waals surface area contributed by atoms with Crippen LogP contribution in [0.25, 0.3) is 11.2 Å². The lowest BCUT2D eigenvalue weighted by Crippen LogP contribution is -2.08. The fourth-order valence-corrected chi connectivity index (χ4v) is 2.37. The van der Waals surface area contributed by atoms with Crippen LogP contribution in [0.1, 0.15) is 16.7 Å². The summed E-state index contributed by atoms with van der Waals surface area (Å²) in [6.45, 7) is 4.62. The average Bonchev–Trinajstić information content (AvgIpc) is 2.52. The SMILES string of the molecule is Cc1cc(CCNc2ncnc3nccnc23)c(C)cc1O. The van der Waals surface area contributed by atoms with E-state index in [1.807, 2.05) is 19.9 Å². The number of hydrogen-bond donors (Lipinski definition) is 2. The van der Waals surface area contributed by atoms with Crippen LogP contribution in [0.4, 0.5) is 5.82 Å². The van der Waals surface area contributed by atoms with E-state index in [0.717, 1.165) is 17.5 Å². The third-order valence-electron chi connectivity index (χ3n) is 3.61. The van der Waals surface area contributed by atoms with Gasteiger partial charge in [-0.15, -0.1) is 0 Å². The van der Waals surface area contributed by atoms with Crippen LogP contribution in [0, 0.1) is 13.8 Å². The minimum atomic E-state index is 0.339. The molecule has 112 valence electrons. The number of aromatic hydroxyl groups is 1. The summed E-state index contributed by atoms with van der Waals surface area (Å²) in [7, 11) is 0. The number of phenols is 1. The Bertz CT molecular complexity index is 813. The highest BCUT2D eigenvalue weighted by Gasteiger charge is 2.06. The average molecular weight is 295 g/mol. The Balaban J connectivity index is 1.74. The van der Waals surface area contributed by atoms with Gasteiger partial charge in [0.15, 0.2) is 11.5 Å². The van der Waals surface area contributed by atoms with Crippen LogP contribution in [0.15, 0.2) is 30.9 Å². The van der Waals surface area contributed by atoms with Crippen molar-refractivity contribution in [3.05, 3.63) is 47.5 Å². The molecule has 0 fully saturated rings. The van der Waals surface area contributed by atoms with E-state index < -0.39 is 0 Å². The molecule has 0 saturated heterocycles. The van der Waals surface area contributed by atoms with E-state index in [-0.39, 0.29) is 0 Å².